The third-order valence-electron chi connectivity index (χ3n) is 4.19. The molecule has 0 spiro atoms. The van der Waals surface area contributed by atoms with Crippen LogP contribution < -0.4 is 0 Å². The number of thiazole rings is 3. The molecule has 3 heterocycles. The van der Waals surface area contributed by atoms with Gasteiger partial charge in [-0.1, -0.05) is 36.4 Å². The Morgan fingerprint density at radius 3 is 0.971 bits per heavy atom. The molecule has 6 rings (SSSR count). The minimum absolute atomic E-state index is 0. The molecule has 34 heavy (non-hydrogen) atoms. The second-order valence-electron chi connectivity index (χ2n) is 6.28. The molecule has 0 aliphatic heterocycles. The first-order valence-electron chi connectivity index (χ1n) is 9.53. The standard InChI is InChI=1S/3C8H6NS2.Cu/c3*1-10-8-9-6-4-2-3-5-7(6)11-8;/h3*2-5H,1H2;/q3*-1;. The van der Waals surface area contributed by atoms with Crippen molar-refractivity contribution < 1.29 is 17.1 Å². The van der Waals surface area contributed by atoms with Crippen LogP contribution >= 0.6 is 69.3 Å². The first kappa shape index (κ1) is 27.5. The number of hydrogen-bond donors (Lipinski definition) is 0. The molecule has 0 bridgehead atoms. The van der Waals surface area contributed by atoms with Gasteiger partial charge in [-0.05, 0) is 36.4 Å². The molecule has 0 amide bonds. The van der Waals surface area contributed by atoms with Crippen molar-refractivity contribution in [3.8, 4) is 0 Å². The Morgan fingerprint density at radius 1 is 0.471 bits per heavy atom. The van der Waals surface area contributed by atoms with Gasteiger partial charge >= 0.3 is 0 Å². The molecule has 1 radical (unpaired) electrons. The van der Waals surface area contributed by atoms with Crippen LogP contribution in [0.3, 0.4) is 0 Å². The molecule has 0 atom stereocenters. The van der Waals surface area contributed by atoms with Crippen LogP contribution in [0, 0.1) is 18.8 Å². The Labute approximate surface area is 234 Å². The van der Waals surface area contributed by atoms with Gasteiger partial charge in [-0.3, -0.25) is 54.1 Å². The number of thioether (sulfide) groups is 3. The average molecular weight is 604 g/mol. The summed E-state index contributed by atoms with van der Waals surface area (Å²) in [6, 6.07) is 24.4. The molecular weight excluding hydrogens is 586 g/mol. The Morgan fingerprint density at radius 2 is 0.735 bits per heavy atom. The molecule has 0 N–H and O–H groups in total. The number of benzene rings is 3. The van der Waals surface area contributed by atoms with Crippen LogP contribution in [0.25, 0.3) is 30.6 Å². The third kappa shape index (κ3) is 7.21. The summed E-state index contributed by atoms with van der Waals surface area (Å²) in [6.07, 6.45) is 11.1. The second kappa shape index (κ2) is 13.8. The molecule has 0 aliphatic rings. The molecule has 0 fully saturated rings. The van der Waals surface area contributed by atoms with E-state index in [-0.39, 0.29) is 17.1 Å². The van der Waals surface area contributed by atoms with Crippen molar-refractivity contribution in [2.24, 2.45) is 0 Å². The smallest absolute Gasteiger partial charge is 0.119 e. The Balaban J connectivity index is 0.000000141. The van der Waals surface area contributed by atoms with Crippen LogP contribution in [0.4, 0.5) is 0 Å². The summed E-state index contributed by atoms with van der Waals surface area (Å²) in [5.74, 6) is 0. The van der Waals surface area contributed by atoms with Crippen molar-refractivity contribution in [3.63, 3.8) is 0 Å². The number of hydrogen-bond acceptors (Lipinski definition) is 9. The topological polar surface area (TPSA) is 38.7 Å². The summed E-state index contributed by atoms with van der Waals surface area (Å²) in [7, 11) is 0. The number of fused-ring (bicyclic) bond motifs is 3. The maximum Gasteiger partial charge on any atom is 0.119 e. The van der Waals surface area contributed by atoms with Gasteiger partial charge in [0.2, 0.25) is 0 Å². The zero-order chi connectivity index (χ0) is 23.0. The zero-order valence-electron chi connectivity index (χ0n) is 17.6. The number of rotatable bonds is 3. The van der Waals surface area contributed by atoms with Crippen molar-refractivity contribution in [1.29, 1.82) is 0 Å². The number of aromatic nitrogens is 3. The summed E-state index contributed by atoms with van der Waals surface area (Å²) in [5, 5.41) is 0. The van der Waals surface area contributed by atoms with E-state index in [0.29, 0.717) is 0 Å². The predicted octanol–water partition coefficient (Wildman–Crippen LogP) is 9.54. The van der Waals surface area contributed by atoms with E-state index < -0.39 is 0 Å². The first-order valence-corrected chi connectivity index (χ1v) is 14.9. The van der Waals surface area contributed by atoms with Gasteiger partial charge in [-0.25, -0.2) is 15.0 Å². The monoisotopic (exact) mass is 603 g/mol. The van der Waals surface area contributed by atoms with Crippen molar-refractivity contribution in [3.05, 3.63) is 91.6 Å². The normalized spacial score (nSPS) is 10.3. The number of nitrogens with zero attached hydrogens (tertiary/aromatic N) is 3. The molecule has 0 saturated carbocycles. The van der Waals surface area contributed by atoms with E-state index in [1.54, 1.807) is 34.0 Å². The summed E-state index contributed by atoms with van der Waals surface area (Å²) in [5.41, 5.74) is 3.22. The SMILES string of the molecule is [CH2-]Sc1nc2ccccc2s1.[CH2-]Sc1nc2ccccc2s1.[CH2-]Sc1nc2ccccc2s1.[Cu]. The molecule has 3 nitrogen and oxygen atoms in total. The van der Waals surface area contributed by atoms with Crippen LogP contribution in [-0.2, 0) is 17.1 Å². The third-order valence-corrected chi connectivity index (χ3v) is 9.51. The predicted molar refractivity (Wildman–Crippen MR) is 153 cm³/mol. The van der Waals surface area contributed by atoms with Crippen LogP contribution in [0.5, 0.6) is 0 Å². The van der Waals surface area contributed by atoms with Crippen LogP contribution in [-0.4, -0.2) is 15.0 Å². The van der Waals surface area contributed by atoms with E-state index in [0.717, 1.165) is 29.6 Å². The second-order valence-corrected chi connectivity index (χ2v) is 12.2. The molecule has 10 heteroatoms. The van der Waals surface area contributed by atoms with Crippen LogP contribution in [0.15, 0.2) is 85.8 Å². The van der Waals surface area contributed by atoms with Gasteiger partial charge < -0.3 is 0 Å². The molecule has 6 aromatic rings. The van der Waals surface area contributed by atoms with Gasteiger partial charge in [0.05, 0.1) is 30.6 Å². The molecule has 3 aromatic heterocycles. The van der Waals surface area contributed by atoms with Crippen molar-refractivity contribution in [1.82, 2.24) is 15.0 Å². The largest absolute Gasteiger partial charge is 0.289 e. The molecular formula is C24H18CuN3S6-3. The Bertz CT molecular complexity index is 1180. The van der Waals surface area contributed by atoms with E-state index in [1.165, 1.54) is 49.4 Å². The van der Waals surface area contributed by atoms with Crippen LogP contribution in [0.1, 0.15) is 0 Å². The van der Waals surface area contributed by atoms with E-state index in [4.69, 9.17) is 0 Å². The van der Waals surface area contributed by atoms with Gasteiger partial charge in [0.25, 0.3) is 0 Å². The van der Waals surface area contributed by atoms with Crippen LogP contribution in [0.2, 0.25) is 0 Å². The maximum atomic E-state index is 4.35. The quantitative estimate of drug-likeness (QED) is 0.114. The molecule has 179 valence electrons. The molecule has 0 aliphatic carbocycles. The van der Waals surface area contributed by atoms with E-state index >= 15 is 0 Å². The maximum absolute atomic E-state index is 4.35. The summed E-state index contributed by atoms with van der Waals surface area (Å²) < 4.78 is 6.81. The van der Waals surface area contributed by atoms with Crippen molar-refractivity contribution in [2.75, 3.05) is 0 Å². The Kier molecular flexibility index (Phi) is 11.2. The minimum atomic E-state index is 0. The zero-order valence-corrected chi connectivity index (χ0v) is 23.5. The van der Waals surface area contributed by atoms with Gasteiger partial charge in [0.15, 0.2) is 0 Å². The molecule has 0 unspecified atom stereocenters. The van der Waals surface area contributed by atoms with Gasteiger partial charge in [0.1, 0.15) is 13.0 Å². The van der Waals surface area contributed by atoms with Gasteiger partial charge in [0, 0.05) is 17.1 Å². The summed E-state index contributed by atoms with van der Waals surface area (Å²) in [6.45, 7) is 0. The molecule has 3 aromatic carbocycles. The van der Waals surface area contributed by atoms with E-state index in [2.05, 4.69) is 51.9 Å². The number of para-hydroxylation sites is 3. The molecule has 0 saturated heterocycles. The minimum Gasteiger partial charge on any atom is -0.289 e. The van der Waals surface area contributed by atoms with E-state index in [9.17, 15) is 0 Å². The summed E-state index contributed by atoms with van der Waals surface area (Å²) >= 11 is 9.42. The van der Waals surface area contributed by atoms with Crippen molar-refractivity contribution >= 4 is 99.9 Å². The average Bonchev–Trinajstić information content (AvgIpc) is 3.59. The fraction of sp³-hybridized carbons (Fsp3) is 0. The summed E-state index contributed by atoms with van der Waals surface area (Å²) in [4.78, 5) is 13.1. The fourth-order valence-electron chi connectivity index (χ4n) is 2.74. The van der Waals surface area contributed by atoms with E-state index in [1.807, 2.05) is 54.6 Å². The fourth-order valence-corrected chi connectivity index (χ4v) is 6.83. The van der Waals surface area contributed by atoms with Gasteiger partial charge in [-0.15, -0.1) is 34.0 Å². The first-order chi connectivity index (χ1) is 16.2. The van der Waals surface area contributed by atoms with Gasteiger partial charge in [-0.2, -0.15) is 0 Å². The van der Waals surface area contributed by atoms with Crippen molar-refractivity contribution in [2.45, 2.75) is 13.0 Å². The Hall–Kier alpha value is -1.10.